The number of carboxylic acids is 1. The number of carbonyl (C=O) groups is 3. The predicted molar refractivity (Wildman–Crippen MR) is 134 cm³/mol. The molecule has 3 N–H and O–H groups in total. The number of nitrogens with zero attached hydrogens (tertiary/aromatic N) is 3. The van der Waals surface area contributed by atoms with Crippen LogP contribution in [0.1, 0.15) is 10.4 Å². The summed E-state index contributed by atoms with van der Waals surface area (Å²) >= 11 is 0. The van der Waals surface area contributed by atoms with E-state index in [0.717, 1.165) is 12.2 Å². The Hall–Kier alpha value is -3.63. The van der Waals surface area contributed by atoms with Gasteiger partial charge in [0, 0.05) is 45.0 Å². The molecule has 1 saturated heterocycles. The van der Waals surface area contributed by atoms with Gasteiger partial charge in [-0.2, -0.15) is 0 Å². The van der Waals surface area contributed by atoms with Crippen molar-refractivity contribution in [2.75, 3.05) is 76.7 Å². The molecule has 35 heavy (non-hydrogen) atoms. The first kappa shape index (κ1) is 26.0. The molecule has 0 atom stereocenters. The van der Waals surface area contributed by atoms with Crippen molar-refractivity contribution in [3.05, 3.63) is 54.1 Å². The number of amides is 2. The van der Waals surface area contributed by atoms with Crippen molar-refractivity contribution in [1.29, 1.82) is 0 Å². The number of nitrogens with one attached hydrogen (secondary N) is 2. The van der Waals surface area contributed by atoms with Crippen LogP contribution in [-0.2, 0) is 9.59 Å². The Morgan fingerprint density at radius 1 is 1.00 bits per heavy atom. The number of carboxylic acid groups (broad SMARTS) is 1. The highest BCUT2D eigenvalue weighted by Crippen LogP contribution is 2.25. The molecule has 0 bridgehead atoms. The van der Waals surface area contributed by atoms with Crippen LogP contribution in [0.5, 0.6) is 5.75 Å². The highest BCUT2D eigenvalue weighted by atomic mass is 16.5. The third kappa shape index (κ3) is 8.27. The number of rotatable bonds is 11. The van der Waals surface area contributed by atoms with E-state index in [2.05, 4.69) is 20.4 Å². The first-order valence-electron chi connectivity index (χ1n) is 11.6. The number of piperazine rings is 1. The number of hydrogen-bond donors (Lipinski definition) is 3. The largest absolute Gasteiger partial charge is 0.484 e. The summed E-state index contributed by atoms with van der Waals surface area (Å²) in [5, 5.41) is 15.2. The summed E-state index contributed by atoms with van der Waals surface area (Å²) in [7, 11) is 3.92. The van der Waals surface area contributed by atoms with Gasteiger partial charge in [0.1, 0.15) is 5.75 Å². The quantitative estimate of drug-likeness (QED) is 0.437. The number of hydrogen-bond acceptors (Lipinski definition) is 7. The lowest BCUT2D eigenvalue weighted by atomic mass is 10.1. The zero-order valence-electron chi connectivity index (χ0n) is 20.2. The summed E-state index contributed by atoms with van der Waals surface area (Å²) in [6.45, 7) is 4.25. The molecule has 0 spiro atoms. The van der Waals surface area contributed by atoms with Crippen molar-refractivity contribution in [2.24, 2.45) is 0 Å². The van der Waals surface area contributed by atoms with Crippen molar-refractivity contribution in [3.63, 3.8) is 0 Å². The molecule has 188 valence electrons. The monoisotopic (exact) mass is 483 g/mol. The molecule has 0 saturated carbocycles. The number of aromatic carboxylic acids is 1. The van der Waals surface area contributed by atoms with E-state index in [-0.39, 0.29) is 23.8 Å². The van der Waals surface area contributed by atoms with E-state index in [1.165, 1.54) is 0 Å². The molecule has 10 heteroatoms. The molecule has 0 unspecified atom stereocenters. The third-order valence-electron chi connectivity index (χ3n) is 5.61. The summed E-state index contributed by atoms with van der Waals surface area (Å²) in [6, 6.07) is 13.9. The maximum Gasteiger partial charge on any atom is 0.337 e. The lowest BCUT2D eigenvalue weighted by Crippen LogP contribution is -2.50. The predicted octanol–water partition coefficient (Wildman–Crippen LogP) is 1.20. The highest BCUT2D eigenvalue weighted by Gasteiger charge is 2.21. The lowest BCUT2D eigenvalue weighted by molar-refractivity contribution is -0.122. The number of likely N-dealkylation sites (N-methyl/N-ethyl adjacent to an activating group) is 1. The Bertz CT molecular complexity index is 1010. The lowest BCUT2D eigenvalue weighted by Gasteiger charge is -2.36. The summed E-state index contributed by atoms with van der Waals surface area (Å²) in [6.07, 6.45) is 0. The summed E-state index contributed by atoms with van der Waals surface area (Å²) in [5.41, 5.74) is 0.991. The number of benzene rings is 2. The van der Waals surface area contributed by atoms with Crippen LogP contribution in [0.4, 0.5) is 11.4 Å². The topological polar surface area (TPSA) is 114 Å². The molecule has 2 aromatic rings. The smallest absolute Gasteiger partial charge is 0.337 e. The van der Waals surface area contributed by atoms with Gasteiger partial charge in [0.15, 0.2) is 6.61 Å². The first-order valence-corrected chi connectivity index (χ1v) is 11.6. The Balaban J connectivity index is 1.52. The van der Waals surface area contributed by atoms with Crippen LogP contribution in [-0.4, -0.2) is 99.2 Å². The molecule has 1 aliphatic rings. The van der Waals surface area contributed by atoms with Crippen LogP contribution < -0.4 is 20.3 Å². The molecule has 0 aliphatic carbocycles. The van der Waals surface area contributed by atoms with Gasteiger partial charge in [-0.15, -0.1) is 0 Å². The van der Waals surface area contributed by atoms with Gasteiger partial charge in [0.2, 0.25) is 5.91 Å². The highest BCUT2D eigenvalue weighted by molar-refractivity contribution is 6.01. The summed E-state index contributed by atoms with van der Waals surface area (Å²) in [4.78, 5) is 42.5. The van der Waals surface area contributed by atoms with Gasteiger partial charge in [-0.25, -0.2) is 4.79 Å². The number of para-hydroxylation sites is 1. The third-order valence-corrected chi connectivity index (χ3v) is 5.61. The van der Waals surface area contributed by atoms with Gasteiger partial charge in [-0.3, -0.25) is 14.5 Å². The molecule has 0 aromatic heterocycles. The normalized spacial score (nSPS) is 14.0. The van der Waals surface area contributed by atoms with Gasteiger partial charge in [-0.1, -0.05) is 18.2 Å². The van der Waals surface area contributed by atoms with Crippen molar-refractivity contribution < 1.29 is 24.2 Å². The molecule has 2 amide bonds. The minimum absolute atomic E-state index is 0.00445. The second kappa shape index (κ2) is 12.7. The van der Waals surface area contributed by atoms with Crippen LogP contribution in [0.2, 0.25) is 0 Å². The first-order chi connectivity index (χ1) is 16.8. The summed E-state index contributed by atoms with van der Waals surface area (Å²) < 4.78 is 5.43. The van der Waals surface area contributed by atoms with E-state index in [1.54, 1.807) is 42.5 Å². The average Bonchev–Trinajstić information content (AvgIpc) is 2.84. The van der Waals surface area contributed by atoms with E-state index in [9.17, 15) is 19.5 Å². The molecular weight excluding hydrogens is 450 g/mol. The molecular formula is C25H33N5O5. The number of anilines is 2. The van der Waals surface area contributed by atoms with Crippen LogP contribution in [0.3, 0.4) is 0 Å². The number of ether oxygens (including phenoxy) is 1. The fraction of sp³-hybridized carbons (Fsp3) is 0.400. The standard InChI is InChI=1S/C25H33N5O5/c1-28(2)11-10-26-23(31)17-29-12-14-30(15-13-29)19-8-9-22(21(16-19)25(33)34)27-24(32)18-35-20-6-4-3-5-7-20/h3-9,16H,10-15,17-18H2,1-2H3,(H,26,31)(H,27,32)(H,33,34). The van der Waals surface area contributed by atoms with Gasteiger partial charge >= 0.3 is 5.97 Å². The van der Waals surface area contributed by atoms with E-state index >= 15 is 0 Å². The van der Waals surface area contributed by atoms with Crippen LogP contribution >= 0.6 is 0 Å². The summed E-state index contributed by atoms with van der Waals surface area (Å²) in [5.74, 6) is -1.01. The Morgan fingerprint density at radius 2 is 1.71 bits per heavy atom. The zero-order chi connectivity index (χ0) is 25.2. The zero-order valence-corrected chi connectivity index (χ0v) is 20.2. The van der Waals surface area contributed by atoms with Gasteiger partial charge < -0.3 is 30.3 Å². The molecule has 3 rings (SSSR count). The van der Waals surface area contributed by atoms with E-state index in [0.29, 0.717) is 45.0 Å². The minimum Gasteiger partial charge on any atom is -0.484 e. The van der Waals surface area contributed by atoms with Crippen molar-refractivity contribution in [1.82, 2.24) is 15.1 Å². The van der Waals surface area contributed by atoms with Gasteiger partial charge in [0.05, 0.1) is 17.8 Å². The van der Waals surface area contributed by atoms with Crippen molar-refractivity contribution in [3.8, 4) is 5.75 Å². The van der Waals surface area contributed by atoms with Crippen LogP contribution in [0.25, 0.3) is 0 Å². The van der Waals surface area contributed by atoms with Crippen molar-refractivity contribution in [2.45, 2.75) is 0 Å². The van der Waals surface area contributed by atoms with E-state index in [1.807, 2.05) is 25.1 Å². The van der Waals surface area contributed by atoms with E-state index < -0.39 is 11.9 Å². The second-order valence-corrected chi connectivity index (χ2v) is 8.60. The van der Waals surface area contributed by atoms with Gasteiger partial charge in [-0.05, 0) is 44.4 Å². The average molecular weight is 484 g/mol. The molecule has 10 nitrogen and oxygen atoms in total. The maximum absolute atomic E-state index is 12.3. The minimum atomic E-state index is -1.13. The molecule has 2 aromatic carbocycles. The Morgan fingerprint density at radius 3 is 2.37 bits per heavy atom. The SMILES string of the molecule is CN(C)CCNC(=O)CN1CCN(c2ccc(NC(=O)COc3ccccc3)c(C(=O)O)c2)CC1. The Labute approximate surface area is 205 Å². The molecule has 0 radical (unpaired) electrons. The fourth-order valence-corrected chi connectivity index (χ4v) is 3.71. The second-order valence-electron chi connectivity index (χ2n) is 8.60. The van der Waals surface area contributed by atoms with Crippen molar-refractivity contribution >= 4 is 29.2 Å². The molecule has 1 aliphatic heterocycles. The van der Waals surface area contributed by atoms with Gasteiger partial charge in [0.25, 0.3) is 5.91 Å². The molecule has 1 fully saturated rings. The Kier molecular flexibility index (Phi) is 9.45. The van der Waals surface area contributed by atoms with Crippen LogP contribution in [0, 0.1) is 0 Å². The molecule has 1 heterocycles. The van der Waals surface area contributed by atoms with Crippen LogP contribution in [0.15, 0.2) is 48.5 Å². The number of carbonyl (C=O) groups excluding carboxylic acids is 2. The van der Waals surface area contributed by atoms with E-state index in [4.69, 9.17) is 4.74 Å². The maximum atomic E-state index is 12.3. The fourth-order valence-electron chi connectivity index (χ4n) is 3.71.